The first-order valence-electron chi connectivity index (χ1n) is 7.28. The lowest BCUT2D eigenvalue weighted by molar-refractivity contribution is -0.384. The number of carbonyl (C=O) groups excluding carboxylic acids is 1. The lowest BCUT2D eigenvalue weighted by atomic mass is 9.85. The molecule has 0 aliphatic heterocycles. The molecule has 1 aliphatic carbocycles. The van der Waals surface area contributed by atoms with E-state index in [4.69, 9.17) is 4.74 Å². The molecule has 0 radical (unpaired) electrons. The van der Waals surface area contributed by atoms with Gasteiger partial charge in [-0.15, -0.1) is 0 Å². The number of carbonyl (C=O) groups is 1. The Balaban J connectivity index is 2.03. The van der Waals surface area contributed by atoms with E-state index < -0.39 is 4.92 Å². The third-order valence-corrected chi connectivity index (χ3v) is 3.75. The molecule has 1 aromatic rings. The number of anilines is 1. The zero-order valence-electron chi connectivity index (χ0n) is 12.1. The molecule has 1 fully saturated rings. The van der Waals surface area contributed by atoms with Crippen molar-refractivity contribution in [1.29, 1.82) is 0 Å². The van der Waals surface area contributed by atoms with Gasteiger partial charge in [0.25, 0.3) is 5.69 Å². The molecule has 2 atom stereocenters. The van der Waals surface area contributed by atoms with Crippen LogP contribution in [0.15, 0.2) is 24.3 Å². The lowest BCUT2D eigenvalue weighted by Gasteiger charge is -2.29. The molecule has 1 aliphatic rings. The monoisotopic (exact) mass is 292 g/mol. The standard InChI is InChI=1S/C15H20N2O4/c1-2-21-15(18)11-6-5-7-12(10-11)16-13-8-3-4-9-14(13)17(19)20/h3-4,8-9,11-12,16H,2,5-7,10H2,1H3. The number of hydrogen-bond acceptors (Lipinski definition) is 5. The molecule has 0 saturated heterocycles. The van der Waals surface area contributed by atoms with Crippen LogP contribution in [-0.4, -0.2) is 23.5 Å². The van der Waals surface area contributed by atoms with Gasteiger partial charge < -0.3 is 10.1 Å². The predicted molar refractivity (Wildman–Crippen MR) is 79.1 cm³/mol. The Bertz CT molecular complexity index is 518. The Labute approximate surface area is 123 Å². The molecule has 0 spiro atoms. The highest BCUT2D eigenvalue weighted by Gasteiger charge is 2.29. The molecule has 1 aromatic carbocycles. The number of rotatable bonds is 5. The van der Waals surface area contributed by atoms with Gasteiger partial charge in [-0.05, 0) is 32.3 Å². The molecule has 0 amide bonds. The van der Waals surface area contributed by atoms with Gasteiger partial charge in [0.1, 0.15) is 5.69 Å². The Hall–Kier alpha value is -2.11. The SMILES string of the molecule is CCOC(=O)C1CCCC(Nc2ccccc2[N+](=O)[O-])C1. The van der Waals surface area contributed by atoms with E-state index in [0.717, 1.165) is 19.3 Å². The van der Waals surface area contributed by atoms with Crippen LogP contribution in [0.1, 0.15) is 32.6 Å². The van der Waals surface area contributed by atoms with E-state index in [9.17, 15) is 14.9 Å². The van der Waals surface area contributed by atoms with E-state index >= 15 is 0 Å². The van der Waals surface area contributed by atoms with Crippen molar-refractivity contribution < 1.29 is 14.5 Å². The number of para-hydroxylation sites is 2. The minimum Gasteiger partial charge on any atom is -0.466 e. The third kappa shape index (κ3) is 3.93. The molecule has 21 heavy (non-hydrogen) atoms. The molecule has 114 valence electrons. The van der Waals surface area contributed by atoms with E-state index in [2.05, 4.69) is 5.32 Å². The van der Waals surface area contributed by atoms with E-state index in [1.165, 1.54) is 6.07 Å². The molecular weight excluding hydrogens is 272 g/mol. The van der Waals surface area contributed by atoms with Gasteiger partial charge in [0.2, 0.25) is 0 Å². The maximum absolute atomic E-state index is 11.8. The van der Waals surface area contributed by atoms with Gasteiger partial charge in [-0.25, -0.2) is 0 Å². The number of ether oxygens (including phenoxy) is 1. The highest BCUT2D eigenvalue weighted by Crippen LogP contribution is 2.30. The van der Waals surface area contributed by atoms with E-state index in [1.807, 2.05) is 0 Å². The topological polar surface area (TPSA) is 81.5 Å². The largest absolute Gasteiger partial charge is 0.466 e. The first-order valence-corrected chi connectivity index (χ1v) is 7.28. The van der Waals surface area contributed by atoms with Crippen LogP contribution < -0.4 is 5.32 Å². The second kappa shape index (κ2) is 7.06. The van der Waals surface area contributed by atoms with Crippen LogP contribution in [0.4, 0.5) is 11.4 Å². The Morgan fingerprint density at radius 1 is 1.43 bits per heavy atom. The Morgan fingerprint density at radius 2 is 2.19 bits per heavy atom. The summed E-state index contributed by atoms with van der Waals surface area (Å²) in [7, 11) is 0. The number of nitrogens with zero attached hydrogens (tertiary/aromatic N) is 1. The number of nitrogens with one attached hydrogen (secondary N) is 1. The van der Waals surface area contributed by atoms with Crippen molar-refractivity contribution in [3.05, 3.63) is 34.4 Å². The molecule has 2 unspecified atom stereocenters. The van der Waals surface area contributed by atoms with Crippen molar-refractivity contribution in [3.8, 4) is 0 Å². The van der Waals surface area contributed by atoms with Crippen LogP contribution in [-0.2, 0) is 9.53 Å². The minimum absolute atomic E-state index is 0.0641. The fraction of sp³-hybridized carbons (Fsp3) is 0.533. The Morgan fingerprint density at radius 3 is 2.90 bits per heavy atom. The van der Waals surface area contributed by atoms with Crippen LogP contribution in [0, 0.1) is 16.0 Å². The molecule has 0 heterocycles. The van der Waals surface area contributed by atoms with Crippen molar-refractivity contribution in [2.24, 2.45) is 5.92 Å². The predicted octanol–water partition coefficient (Wildman–Crippen LogP) is 3.13. The second-order valence-electron chi connectivity index (χ2n) is 5.23. The zero-order valence-corrected chi connectivity index (χ0v) is 12.1. The lowest BCUT2D eigenvalue weighted by Crippen LogP contribution is -2.32. The summed E-state index contributed by atoms with van der Waals surface area (Å²) in [5.41, 5.74) is 0.577. The van der Waals surface area contributed by atoms with Crippen molar-refractivity contribution in [3.63, 3.8) is 0 Å². The summed E-state index contributed by atoms with van der Waals surface area (Å²) in [6.45, 7) is 2.18. The molecule has 0 bridgehead atoms. The second-order valence-corrected chi connectivity index (χ2v) is 5.23. The van der Waals surface area contributed by atoms with Gasteiger partial charge in [0.05, 0.1) is 17.4 Å². The summed E-state index contributed by atoms with van der Waals surface area (Å²) in [5, 5.41) is 14.2. The third-order valence-electron chi connectivity index (χ3n) is 3.75. The molecule has 6 heteroatoms. The van der Waals surface area contributed by atoms with Crippen molar-refractivity contribution in [2.75, 3.05) is 11.9 Å². The number of nitro benzene ring substituents is 1. The average Bonchev–Trinajstić information content (AvgIpc) is 2.48. The summed E-state index contributed by atoms with van der Waals surface area (Å²) < 4.78 is 5.07. The quantitative estimate of drug-likeness (QED) is 0.512. The first-order chi connectivity index (χ1) is 10.1. The van der Waals surface area contributed by atoms with Crippen LogP contribution in [0.5, 0.6) is 0 Å². The van der Waals surface area contributed by atoms with Gasteiger partial charge in [-0.1, -0.05) is 18.6 Å². The number of nitro groups is 1. The highest BCUT2D eigenvalue weighted by atomic mass is 16.6. The highest BCUT2D eigenvalue weighted by molar-refractivity contribution is 5.72. The van der Waals surface area contributed by atoms with E-state index in [-0.39, 0.29) is 23.6 Å². The van der Waals surface area contributed by atoms with Gasteiger partial charge in [-0.3, -0.25) is 14.9 Å². The van der Waals surface area contributed by atoms with Crippen molar-refractivity contribution in [2.45, 2.75) is 38.6 Å². The molecule has 1 saturated carbocycles. The van der Waals surface area contributed by atoms with Gasteiger partial charge >= 0.3 is 5.97 Å². The van der Waals surface area contributed by atoms with Crippen molar-refractivity contribution in [1.82, 2.24) is 0 Å². The summed E-state index contributed by atoms with van der Waals surface area (Å²) in [5.74, 6) is -0.273. The van der Waals surface area contributed by atoms with Gasteiger partial charge in [0.15, 0.2) is 0 Å². The number of hydrogen-bond donors (Lipinski definition) is 1. The fourth-order valence-electron chi connectivity index (χ4n) is 2.77. The van der Waals surface area contributed by atoms with Crippen LogP contribution in [0.2, 0.25) is 0 Å². The average molecular weight is 292 g/mol. The van der Waals surface area contributed by atoms with E-state index in [1.54, 1.807) is 25.1 Å². The molecular formula is C15H20N2O4. The summed E-state index contributed by atoms with van der Waals surface area (Å²) in [6.07, 6.45) is 3.31. The maximum Gasteiger partial charge on any atom is 0.308 e. The van der Waals surface area contributed by atoms with Crippen LogP contribution >= 0.6 is 0 Å². The van der Waals surface area contributed by atoms with Crippen LogP contribution in [0.25, 0.3) is 0 Å². The van der Waals surface area contributed by atoms with Gasteiger partial charge in [0, 0.05) is 12.1 Å². The van der Waals surface area contributed by atoms with Crippen molar-refractivity contribution >= 4 is 17.3 Å². The summed E-state index contributed by atoms with van der Waals surface area (Å²) >= 11 is 0. The minimum atomic E-state index is -0.395. The van der Waals surface area contributed by atoms with Crippen LogP contribution in [0.3, 0.4) is 0 Å². The van der Waals surface area contributed by atoms with E-state index in [0.29, 0.717) is 18.7 Å². The summed E-state index contributed by atoms with van der Waals surface area (Å²) in [4.78, 5) is 22.4. The molecule has 2 rings (SSSR count). The zero-order chi connectivity index (χ0) is 15.2. The fourth-order valence-corrected chi connectivity index (χ4v) is 2.77. The summed E-state index contributed by atoms with van der Waals surface area (Å²) in [6, 6.07) is 6.65. The number of benzene rings is 1. The first kappa shape index (κ1) is 15.3. The normalized spacial score (nSPS) is 21.6. The molecule has 0 aromatic heterocycles. The number of esters is 1. The Kier molecular flexibility index (Phi) is 5.14. The molecule has 6 nitrogen and oxygen atoms in total. The maximum atomic E-state index is 11.8. The smallest absolute Gasteiger partial charge is 0.308 e. The molecule has 1 N–H and O–H groups in total. The van der Waals surface area contributed by atoms with Gasteiger partial charge in [-0.2, -0.15) is 0 Å².